The van der Waals surface area contributed by atoms with Gasteiger partial charge in [0.05, 0.1) is 11.7 Å². The fourth-order valence-electron chi connectivity index (χ4n) is 2.51. The number of hydrogen-bond donors (Lipinski definition) is 1. The highest BCUT2D eigenvalue weighted by molar-refractivity contribution is 5.87. The SMILES string of the molecule is CC1OCCC1N(C)Cc1cc(C(=O)O)ccc1F. The van der Waals surface area contributed by atoms with E-state index in [1.807, 2.05) is 18.9 Å². The summed E-state index contributed by atoms with van der Waals surface area (Å²) in [7, 11) is 1.91. The van der Waals surface area contributed by atoms with Gasteiger partial charge in [0.1, 0.15) is 5.82 Å². The summed E-state index contributed by atoms with van der Waals surface area (Å²) >= 11 is 0. The van der Waals surface area contributed by atoms with Crippen molar-refractivity contribution in [2.24, 2.45) is 0 Å². The summed E-state index contributed by atoms with van der Waals surface area (Å²) in [5.41, 5.74) is 0.516. The molecule has 1 aromatic rings. The minimum Gasteiger partial charge on any atom is -0.478 e. The molecular formula is C14H18FNO3. The molecule has 104 valence electrons. The number of aromatic carboxylic acids is 1. The zero-order chi connectivity index (χ0) is 14.0. The van der Waals surface area contributed by atoms with Crippen molar-refractivity contribution in [3.05, 3.63) is 35.1 Å². The van der Waals surface area contributed by atoms with Crippen molar-refractivity contribution >= 4 is 5.97 Å². The van der Waals surface area contributed by atoms with Crippen LogP contribution < -0.4 is 0 Å². The Bertz CT molecular complexity index is 478. The summed E-state index contributed by atoms with van der Waals surface area (Å²) in [6, 6.07) is 4.13. The molecule has 2 rings (SSSR count). The van der Waals surface area contributed by atoms with E-state index in [1.165, 1.54) is 18.2 Å². The van der Waals surface area contributed by atoms with Crippen LogP contribution in [0.2, 0.25) is 0 Å². The van der Waals surface area contributed by atoms with E-state index < -0.39 is 5.97 Å². The Morgan fingerprint density at radius 2 is 2.32 bits per heavy atom. The summed E-state index contributed by atoms with van der Waals surface area (Å²) in [4.78, 5) is 12.9. The van der Waals surface area contributed by atoms with Gasteiger partial charge in [0, 0.05) is 24.8 Å². The molecule has 0 bridgehead atoms. The predicted octanol–water partition coefficient (Wildman–Crippen LogP) is 2.13. The molecule has 1 aliphatic heterocycles. The summed E-state index contributed by atoms with van der Waals surface area (Å²) in [5, 5.41) is 8.93. The topological polar surface area (TPSA) is 49.8 Å². The molecule has 0 amide bonds. The molecule has 1 heterocycles. The maximum Gasteiger partial charge on any atom is 0.335 e. The van der Waals surface area contributed by atoms with E-state index in [2.05, 4.69) is 0 Å². The van der Waals surface area contributed by atoms with E-state index in [4.69, 9.17) is 9.84 Å². The third-order valence-corrected chi connectivity index (χ3v) is 3.61. The average Bonchev–Trinajstić information content (AvgIpc) is 2.78. The summed E-state index contributed by atoms with van der Waals surface area (Å²) < 4.78 is 19.2. The molecule has 2 unspecified atom stereocenters. The van der Waals surface area contributed by atoms with Gasteiger partial charge < -0.3 is 9.84 Å². The normalized spacial score (nSPS) is 22.9. The maximum absolute atomic E-state index is 13.7. The largest absolute Gasteiger partial charge is 0.478 e. The van der Waals surface area contributed by atoms with E-state index in [-0.39, 0.29) is 23.5 Å². The Morgan fingerprint density at radius 1 is 1.58 bits per heavy atom. The first-order valence-electron chi connectivity index (χ1n) is 6.32. The van der Waals surface area contributed by atoms with Gasteiger partial charge in [0.15, 0.2) is 0 Å². The highest BCUT2D eigenvalue weighted by atomic mass is 19.1. The monoisotopic (exact) mass is 267 g/mol. The second kappa shape index (κ2) is 5.67. The van der Waals surface area contributed by atoms with E-state index in [9.17, 15) is 9.18 Å². The van der Waals surface area contributed by atoms with E-state index >= 15 is 0 Å². The average molecular weight is 267 g/mol. The molecule has 1 aliphatic rings. The number of carboxylic acids is 1. The molecule has 0 saturated carbocycles. The number of likely N-dealkylation sites (N-methyl/N-ethyl adjacent to an activating group) is 1. The molecule has 5 heteroatoms. The van der Waals surface area contributed by atoms with Crippen LogP contribution >= 0.6 is 0 Å². The molecule has 1 saturated heterocycles. The van der Waals surface area contributed by atoms with Crippen molar-refractivity contribution < 1.29 is 19.0 Å². The molecule has 0 spiro atoms. The summed E-state index contributed by atoms with van der Waals surface area (Å²) in [6.45, 7) is 3.09. The summed E-state index contributed by atoms with van der Waals surface area (Å²) in [5.74, 6) is -1.41. The van der Waals surface area contributed by atoms with Crippen LogP contribution in [-0.2, 0) is 11.3 Å². The third kappa shape index (κ3) is 3.11. The van der Waals surface area contributed by atoms with Crippen LogP contribution in [0.3, 0.4) is 0 Å². The number of rotatable bonds is 4. The van der Waals surface area contributed by atoms with E-state index in [1.54, 1.807) is 0 Å². The third-order valence-electron chi connectivity index (χ3n) is 3.61. The van der Waals surface area contributed by atoms with Gasteiger partial charge in [-0.3, -0.25) is 4.90 Å². The Hall–Kier alpha value is -1.46. The fourth-order valence-corrected chi connectivity index (χ4v) is 2.51. The predicted molar refractivity (Wildman–Crippen MR) is 68.6 cm³/mol. The molecule has 0 radical (unpaired) electrons. The molecule has 0 aliphatic carbocycles. The van der Waals surface area contributed by atoms with Crippen LogP contribution in [0.4, 0.5) is 4.39 Å². The first kappa shape index (κ1) is 14.0. The molecule has 1 fully saturated rings. The molecule has 1 aromatic carbocycles. The summed E-state index contributed by atoms with van der Waals surface area (Å²) in [6.07, 6.45) is 1.04. The zero-order valence-corrected chi connectivity index (χ0v) is 11.1. The molecular weight excluding hydrogens is 249 g/mol. The van der Waals surface area contributed by atoms with Crippen molar-refractivity contribution in [3.63, 3.8) is 0 Å². The molecule has 19 heavy (non-hydrogen) atoms. The number of nitrogens with zero attached hydrogens (tertiary/aromatic N) is 1. The van der Waals surface area contributed by atoms with Gasteiger partial charge in [-0.15, -0.1) is 0 Å². The van der Waals surface area contributed by atoms with Gasteiger partial charge in [-0.1, -0.05) is 0 Å². The fraction of sp³-hybridized carbons (Fsp3) is 0.500. The smallest absolute Gasteiger partial charge is 0.335 e. The quantitative estimate of drug-likeness (QED) is 0.908. The Morgan fingerprint density at radius 3 is 2.89 bits per heavy atom. The number of halogens is 1. The Labute approximate surface area is 111 Å². The highest BCUT2D eigenvalue weighted by Crippen LogP contribution is 2.21. The maximum atomic E-state index is 13.7. The Balaban J connectivity index is 2.13. The van der Waals surface area contributed by atoms with Crippen LogP contribution in [0.5, 0.6) is 0 Å². The van der Waals surface area contributed by atoms with Gasteiger partial charge in [-0.2, -0.15) is 0 Å². The van der Waals surface area contributed by atoms with Gasteiger partial charge in [0.25, 0.3) is 0 Å². The Kier molecular flexibility index (Phi) is 4.17. The van der Waals surface area contributed by atoms with Gasteiger partial charge >= 0.3 is 5.97 Å². The first-order chi connectivity index (χ1) is 8.99. The van der Waals surface area contributed by atoms with Crippen molar-refractivity contribution in [1.29, 1.82) is 0 Å². The van der Waals surface area contributed by atoms with Crippen LogP contribution in [0.15, 0.2) is 18.2 Å². The number of hydrogen-bond acceptors (Lipinski definition) is 3. The standard InChI is InChI=1S/C14H18FNO3/c1-9-13(5-6-19-9)16(2)8-11-7-10(14(17)18)3-4-12(11)15/h3-4,7,9,13H,5-6,8H2,1-2H3,(H,17,18). The molecule has 1 N–H and O–H groups in total. The van der Waals surface area contributed by atoms with Gasteiger partial charge in [-0.05, 0) is 38.6 Å². The minimum atomic E-state index is -1.04. The highest BCUT2D eigenvalue weighted by Gasteiger charge is 2.28. The van der Waals surface area contributed by atoms with Crippen molar-refractivity contribution in [3.8, 4) is 0 Å². The zero-order valence-electron chi connectivity index (χ0n) is 11.1. The van der Waals surface area contributed by atoms with Crippen LogP contribution in [0, 0.1) is 5.82 Å². The molecule has 2 atom stereocenters. The molecule has 4 nitrogen and oxygen atoms in total. The first-order valence-corrected chi connectivity index (χ1v) is 6.32. The van der Waals surface area contributed by atoms with Gasteiger partial charge in [0.2, 0.25) is 0 Å². The van der Waals surface area contributed by atoms with E-state index in [0.29, 0.717) is 18.7 Å². The second-order valence-electron chi connectivity index (χ2n) is 4.96. The van der Waals surface area contributed by atoms with Crippen LogP contribution in [0.1, 0.15) is 29.3 Å². The molecule has 0 aromatic heterocycles. The second-order valence-corrected chi connectivity index (χ2v) is 4.96. The number of carboxylic acid groups (broad SMARTS) is 1. The lowest BCUT2D eigenvalue weighted by Crippen LogP contribution is -2.36. The van der Waals surface area contributed by atoms with Gasteiger partial charge in [-0.25, -0.2) is 9.18 Å². The lowest BCUT2D eigenvalue weighted by Gasteiger charge is -2.26. The van der Waals surface area contributed by atoms with E-state index in [0.717, 1.165) is 6.42 Å². The number of benzene rings is 1. The lowest BCUT2D eigenvalue weighted by atomic mass is 10.1. The van der Waals surface area contributed by atoms with Crippen molar-refractivity contribution in [1.82, 2.24) is 4.90 Å². The van der Waals surface area contributed by atoms with Crippen molar-refractivity contribution in [2.45, 2.75) is 32.0 Å². The minimum absolute atomic E-state index is 0.112. The lowest BCUT2D eigenvalue weighted by molar-refractivity contribution is 0.0695. The number of carbonyl (C=O) groups is 1. The van der Waals surface area contributed by atoms with Crippen molar-refractivity contribution in [2.75, 3.05) is 13.7 Å². The number of ether oxygens (including phenoxy) is 1. The van der Waals surface area contributed by atoms with Crippen LogP contribution in [-0.4, -0.2) is 41.8 Å². The van der Waals surface area contributed by atoms with Crippen LogP contribution in [0.25, 0.3) is 0 Å².